The minimum Gasteiger partial charge on any atom is -0.353 e. The second-order valence-corrected chi connectivity index (χ2v) is 6.88. The number of hydrogen-bond acceptors (Lipinski definition) is 7. The molecule has 3 aromatic rings. The Kier molecular flexibility index (Phi) is 5.33. The zero-order valence-corrected chi connectivity index (χ0v) is 16.6. The van der Waals surface area contributed by atoms with Gasteiger partial charge in [-0.2, -0.15) is 0 Å². The summed E-state index contributed by atoms with van der Waals surface area (Å²) >= 11 is 0. The fourth-order valence-electron chi connectivity index (χ4n) is 3.35. The quantitative estimate of drug-likeness (QED) is 0.677. The van der Waals surface area contributed by atoms with Gasteiger partial charge in [-0.25, -0.2) is 19.9 Å². The van der Waals surface area contributed by atoms with Crippen molar-refractivity contribution in [3.8, 4) is 0 Å². The molecule has 1 fully saturated rings. The van der Waals surface area contributed by atoms with Gasteiger partial charge in [-0.15, -0.1) is 0 Å². The van der Waals surface area contributed by atoms with Crippen LogP contribution in [0.15, 0.2) is 54.9 Å². The van der Waals surface area contributed by atoms with Crippen molar-refractivity contribution in [2.24, 2.45) is 0 Å². The Morgan fingerprint density at radius 2 is 1.59 bits per heavy atom. The van der Waals surface area contributed by atoms with E-state index in [0.29, 0.717) is 11.5 Å². The molecule has 1 saturated heterocycles. The zero-order valence-electron chi connectivity index (χ0n) is 16.6. The van der Waals surface area contributed by atoms with Crippen molar-refractivity contribution in [2.45, 2.75) is 6.92 Å². The highest BCUT2D eigenvalue weighted by Gasteiger charge is 2.22. The van der Waals surface area contributed by atoms with Crippen LogP contribution in [-0.4, -0.2) is 59.1 Å². The van der Waals surface area contributed by atoms with Crippen LogP contribution in [0.5, 0.6) is 0 Å². The summed E-state index contributed by atoms with van der Waals surface area (Å²) in [4.78, 5) is 36.5. The summed E-state index contributed by atoms with van der Waals surface area (Å²) < 4.78 is 0. The van der Waals surface area contributed by atoms with Gasteiger partial charge >= 0.3 is 0 Å². The van der Waals surface area contributed by atoms with Gasteiger partial charge in [0.2, 0.25) is 5.95 Å². The van der Waals surface area contributed by atoms with Gasteiger partial charge in [-0.3, -0.25) is 4.79 Å². The number of rotatable bonds is 4. The molecule has 148 valence electrons. The molecular formula is C21H23N7O. The molecule has 1 aromatic carbocycles. The third-order valence-corrected chi connectivity index (χ3v) is 4.93. The molecule has 0 atom stereocenters. The summed E-state index contributed by atoms with van der Waals surface area (Å²) in [5.41, 5.74) is 1.22. The van der Waals surface area contributed by atoms with Crippen LogP contribution < -0.4 is 14.7 Å². The lowest BCUT2D eigenvalue weighted by molar-refractivity contribution is 0.0988. The molecule has 8 nitrogen and oxygen atoms in total. The highest BCUT2D eigenvalue weighted by atomic mass is 16.2. The summed E-state index contributed by atoms with van der Waals surface area (Å²) in [5, 5.41) is 0. The molecule has 3 heterocycles. The van der Waals surface area contributed by atoms with E-state index in [2.05, 4.69) is 29.7 Å². The predicted molar refractivity (Wildman–Crippen MR) is 112 cm³/mol. The molecular weight excluding hydrogens is 366 g/mol. The first-order chi connectivity index (χ1) is 14.1. The minimum atomic E-state index is -0.153. The van der Waals surface area contributed by atoms with Crippen molar-refractivity contribution in [2.75, 3.05) is 47.9 Å². The van der Waals surface area contributed by atoms with Crippen molar-refractivity contribution >= 4 is 23.4 Å². The lowest BCUT2D eigenvalue weighted by Gasteiger charge is -2.35. The van der Waals surface area contributed by atoms with Gasteiger partial charge in [-0.1, -0.05) is 18.2 Å². The van der Waals surface area contributed by atoms with Gasteiger partial charge in [0, 0.05) is 57.4 Å². The van der Waals surface area contributed by atoms with Crippen molar-refractivity contribution in [3.63, 3.8) is 0 Å². The smallest absolute Gasteiger partial charge is 0.276 e. The summed E-state index contributed by atoms with van der Waals surface area (Å²) in [6.45, 7) is 4.95. The van der Waals surface area contributed by atoms with Crippen molar-refractivity contribution in [1.82, 2.24) is 19.9 Å². The van der Waals surface area contributed by atoms with E-state index in [-0.39, 0.29) is 5.91 Å². The number of aryl methyl sites for hydroxylation is 1. The van der Waals surface area contributed by atoms with Gasteiger partial charge in [0.05, 0.1) is 0 Å². The number of anilines is 3. The van der Waals surface area contributed by atoms with E-state index in [1.807, 2.05) is 43.3 Å². The average Bonchev–Trinajstić information content (AvgIpc) is 2.79. The molecule has 29 heavy (non-hydrogen) atoms. The van der Waals surface area contributed by atoms with Crippen LogP contribution in [0.2, 0.25) is 0 Å². The number of amides is 1. The number of para-hydroxylation sites is 1. The maximum absolute atomic E-state index is 13.0. The fraction of sp³-hybridized carbons (Fsp3) is 0.286. The lowest BCUT2D eigenvalue weighted by atomic mass is 10.2. The van der Waals surface area contributed by atoms with E-state index >= 15 is 0 Å². The maximum atomic E-state index is 13.0. The molecule has 0 bridgehead atoms. The van der Waals surface area contributed by atoms with Gasteiger partial charge in [0.25, 0.3) is 5.91 Å². The Morgan fingerprint density at radius 1 is 0.931 bits per heavy atom. The zero-order chi connectivity index (χ0) is 20.2. The Balaban J connectivity index is 1.50. The van der Waals surface area contributed by atoms with Crippen molar-refractivity contribution < 1.29 is 4.79 Å². The SMILES string of the molecule is Cc1nc(C(=O)N(C)c2ccccc2)cc(N2CCN(c3ncccn3)CC2)n1. The molecule has 0 radical (unpaired) electrons. The van der Waals surface area contributed by atoms with Crippen molar-refractivity contribution in [1.29, 1.82) is 0 Å². The highest BCUT2D eigenvalue weighted by molar-refractivity contribution is 6.04. The topological polar surface area (TPSA) is 78.4 Å². The molecule has 4 rings (SSSR count). The number of carbonyl (C=O) groups is 1. The Labute approximate surface area is 169 Å². The summed E-state index contributed by atoms with van der Waals surface area (Å²) in [5.74, 6) is 1.95. The Hall–Kier alpha value is -3.55. The monoisotopic (exact) mass is 389 g/mol. The fourth-order valence-corrected chi connectivity index (χ4v) is 3.35. The van der Waals surface area contributed by atoms with Gasteiger partial charge in [0.1, 0.15) is 17.3 Å². The predicted octanol–water partition coefficient (Wildman–Crippen LogP) is 2.18. The first-order valence-corrected chi connectivity index (χ1v) is 9.57. The van der Waals surface area contributed by atoms with Gasteiger partial charge in [-0.05, 0) is 25.1 Å². The molecule has 0 N–H and O–H groups in total. The maximum Gasteiger partial charge on any atom is 0.276 e. The Morgan fingerprint density at radius 3 is 2.28 bits per heavy atom. The van der Waals surface area contributed by atoms with E-state index in [4.69, 9.17) is 0 Å². The number of aromatic nitrogens is 4. The van der Waals surface area contributed by atoms with E-state index in [1.165, 1.54) is 0 Å². The molecule has 1 aliphatic rings. The van der Waals surface area contributed by atoms with Crippen LogP contribution >= 0.6 is 0 Å². The Bertz CT molecular complexity index is 973. The number of benzene rings is 1. The van der Waals surface area contributed by atoms with Crippen LogP contribution in [0.25, 0.3) is 0 Å². The molecule has 0 aliphatic carbocycles. The minimum absolute atomic E-state index is 0.153. The third kappa shape index (κ3) is 4.16. The standard InChI is InChI=1S/C21H23N7O/c1-16-24-18(20(29)26(2)17-7-4-3-5-8-17)15-19(25-16)27-11-13-28(14-12-27)21-22-9-6-10-23-21/h3-10,15H,11-14H2,1-2H3. The van der Waals surface area contributed by atoms with E-state index in [1.54, 1.807) is 30.4 Å². The van der Waals surface area contributed by atoms with Crippen LogP contribution in [-0.2, 0) is 0 Å². The molecule has 0 unspecified atom stereocenters. The molecule has 1 amide bonds. The summed E-state index contributed by atoms with van der Waals surface area (Å²) in [7, 11) is 1.76. The largest absolute Gasteiger partial charge is 0.353 e. The highest BCUT2D eigenvalue weighted by Crippen LogP contribution is 2.20. The van der Waals surface area contributed by atoms with E-state index < -0.39 is 0 Å². The van der Waals surface area contributed by atoms with Crippen molar-refractivity contribution in [3.05, 3.63) is 66.4 Å². The first kappa shape index (κ1) is 18.8. The van der Waals surface area contributed by atoms with Gasteiger partial charge in [0.15, 0.2) is 0 Å². The van der Waals surface area contributed by atoms with E-state index in [0.717, 1.165) is 43.6 Å². The third-order valence-electron chi connectivity index (χ3n) is 4.93. The van der Waals surface area contributed by atoms with Crippen LogP contribution in [0.3, 0.4) is 0 Å². The normalized spacial score (nSPS) is 14.0. The molecule has 0 spiro atoms. The molecule has 0 saturated carbocycles. The second-order valence-electron chi connectivity index (χ2n) is 6.88. The molecule has 2 aromatic heterocycles. The summed E-state index contributed by atoms with van der Waals surface area (Å²) in [6.07, 6.45) is 3.51. The number of carbonyl (C=O) groups excluding carboxylic acids is 1. The number of hydrogen-bond donors (Lipinski definition) is 0. The molecule has 8 heteroatoms. The number of piperazine rings is 1. The van der Waals surface area contributed by atoms with Crippen LogP contribution in [0.4, 0.5) is 17.5 Å². The van der Waals surface area contributed by atoms with Gasteiger partial charge < -0.3 is 14.7 Å². The summed E-state index contributed by atoms with van der Waals surface area (Å²) in [6, 6.07) is 13.1. The number of nitrogens with zero attached hydrogens (tertiary/aromatic N) is 7. The lowest BCUT2D eigenvalue weighted by Crippen LogP contribution is -2.47. The molecule has 1 aliphatic heterocycles. The van der Waals surface area contributed by atoms with E-state index in [9.17, 15) is 4.79 Å². The second kappa shape index (κ2) is 8.22. The first-order valence-electron chi connectivity index (χ1n) is 9.57. The average molecular weight is 389 g/mol. The van der Waals surface area contributed by atoms with Crippen LogP contribution in [0.1, 0.15) is 16.3 Å². The van der Waals surface area contributed by atoms with Crippen LogP contribution in [0, 0.1) is 6.92 Å².